The average molecular weight is 511 g/mol. The van der Waals surface area contributed by atoms with Crippen LogP contribution in [-0.2, 0) is 21.4 Å². The van der Waals surface area contributed by atoms with Crippen molar-refractivity contribution in [3.05, 3.63) is 22.7 Å². The van der Waals surface area contributed by atoms with Gasteiger partial charge < -0.3 is 19.8 Å². The summed E-state index contributed by atoms with van der Waals surface area (Å²) in [5, 5.41) is 25.3. The largest absolute Gasteiger partial charge is 0.387 e. The molecule has 0 amide bonds. The third kappa shape index (κ3) is 2.19. The molecule has 2 N–H and O–H groups in total. The highest BCUT2D eigenvalue weighted by molar-refractivity contribution is 7.15. The zero-order valence-electron chi connectivity index (χ0n) is 21.5. The van der Waals surface area contributed by atoms with Gasteiger partial charge in [0, 0.05) is 35.2 Å². The molecule has 5 aliphatic carbocycles. The molecule has 6 nitrogen and oxygen atoms in total. The lowest BCUT2D eigenvalue weighted by molar-refractivity contribution is -0.448. The molecule has 9 atom stereocenters. The monoisotopic (exact) mass is 510 g/mol. The number of ketones is 1. The summed E-state index contributed by atoms with van der Waals surface area (Å²) >= 11 is 1.83. The Morgan fingerprint density at radius 3 is 2.61 bits per heavy atom. The van der Waals surface area contributed by atoms with Crippen molar-refractivity contribution in [3.8, 4) is 0 Å². The first kappa shape index (κ1) is 22.7. The minimum atomic E-state index is -1.81. The number of ether oxygens (including phenoxy) is 1. The Labute approximate surface area is 217 Å². The molecule has 1 unspecified atom stereocenters. The number of allylic oxidation sites excluding steroid dienone is 1. The fourth-order valence-corrected chi connectivity index (χ4v) is 12.2. The summed E-state index contributed by atoms with van der Waals surface area (Å²) in [4.78, 5) is 23.2. The number of aliphatic hydroxyl groups excluding tert-OH is 1. The predicted octanol–water partition coefficient (Wildman–Crippen LogP) is 3.84. The number of carbonyl (C=O) groups excluding carboxylic acids is 1. The Bertz CT molecular complexity index is 1190. The molecule has 9 rings (SSSR count). The van der Waals surface area contributed by atoms with E-state index in [4.69, 9.17) is 9.72 Å². The maximum Gasteiger partial charge on any atom is 0.205 e. The molecule has 2 spiro atoms. The quantitative estimate of drug-likeness (QED) is 0.559. The van der Waals surface area contributed by atoms with Gasteiger partial charge in [-0.1, -0.05) is 45.3 Å². The third-order valence-corrected chi connectivity index (χ3v) is 13.0. The van der Waals surface area contributed by atoms with Gasteiger partial charge >= 0.3 is 0 Å². The molecule has 7 heteroatoms. The molecule has 36 heavy (non-hydrogen) atoms. The number of anilines is 1. The number of hydrogen-bond donors (Lipinski definition) is 2. The highest BCUT2D eigenvalue weighted by Crippen LogP contribution is 2.83. The number of fused-ring (bicyclic) bond motifs is 2. The lowest BCUT2D eigenvalue weighted by atomic mass is 9.23. The van der Waals surface area contributed by atoms with E-state index < -0.39 is 22.7 Å². The van der Waals surface area contributed by atoms with Crippen molar-refractivity contribution < 1.29 is 19.7 Å². The van der Waals surface area contributed by atoms with Crippen LogP contribution in [0.5, 0.6) is 0 Å². The van der Waals surface area contributed by atoms with E-state index in [2.05, 4.69) is 25.3 Å². The highest BCUT2D eigenvalue weighted by atomic mass is 32.1. The summed E-state index contributed by atoms with van der Waals surface area (Å²) in [5.74, 6) is -1.82. The molecular formula is C29H38N2O4S. The Hall–Kier alpha value is -1.28. The zero-order chi connectivity index (χ0) is 24.8. The molecule has 4 heterocycles. The number of carbonyl (C=O) groups is 1. The van der Waals surface area contributed by atoms with E-state index in [1.54, 1.807) is 0 Å². The van der Waals surface area contributed by atoms with Gasteiger partial charge in [0.1, 0.15) is 6.10 Å². The minimum Gasteiger partial charge on any atom is -0.387 e. The van der Waals surface area contributed by atoms with Crippen LogP contribution in [-0.4, -0.2) is 52.6 Å². The average Bonchev–Trinajstić information content (AvgIpc) is 3.21. The van der Waals surface area contributed by atoms with Crippen molar-refractivity contribution >= 4 is 22.3 Å². The van der Waals surface area contributed by atoms with Crippen molar-refractivity contribution in [1.82, 2.24) is 4.98 Å². The summed E-state index contributed by atoms with van der Waals surface area (Å²) in [6.45, 7) is 11.1. The van der Waals surface area contributed by atoms with Crippen LogP contribution in [0.25, 0.3) is 0 Å². The van der Waals surface area contributed by atoms with Crippen LogP contribution < -0.4 is 4.90 Å². The van der Waals surface area contributed by atoms with Gasteiger partial charge in [0.15, 0.2) is 10.9 Å². The normalized spacial score (nSPS) is 50.1. The topological polar surface area (TPSA) is 82.9 Å². The van der Waals surface area contributed by atoms with Crippen LogP contribution in [0.1, 0.15) is 69.4 Å². The lowest BCUT2D eigenvalue weighted by Gasteiger charge is -2.82. The Balaban J connectivity index is 1.31. The van der Waals surface area contributed by atoms with E-state index >= 15 is 0 Å². The number of thiazole rings is 1. The molecular weight excluding hydrogens is 472 g/mol. The number of Topliss-reactive ketones (excluding diaryl/α,β-unsaturated/α-hetero) is 1. The molecule has 0 aromatic carbocycles. The Kier molecular flexibility index (Phi) is 4.30. The van der Waals surface area contributed by atoms with E-state index in [0.717, 1.165) is 48.8 Å². The van der Waals surface area contributed by atoms with Crippen molar-refractivity contribution in [2.75, 3.05) is 24.6 Å². The van der Waals surface area contributed by atoms with Gasteiger partial charge in [-0.2, -0.15) is 0 Å². The van der Waals surface area contributed by atoms with Crippen molar-refractivity contribution in [2.45, 2.75) is 82.5 Å². The number of rotatable bonds is 1. The van der Waals surface area contributed by atoms with Gasteiger partial charge in [-0.25, -0.2) is 4.98 Å². The minimum absolute atomic E-state index is 0.0455. The van der Waals surface area contributed by atoms with Crippen molar-refractivity contribution in [3.63, 3.8) is 0 Å². The maximum absolute atomic E-state index is 14.0. The smallest absolute Gasteiger partial charge is 0.205 e. The second-order valence-corrected chi connectivity index (χ2v) is 14.7. The molecule has 2 bridgehead atoms. The van der Waals surface area contributed by atoms with Crippen LogP contribution in [0.15, 0.2) is 12.2 Å². The first-order chi connectivity index (χ1) is 17.2. The summed E-state index contributed by atoms with van der Waals surface area (Å²) in [7, 11) is 0. The lowest BCUT2D eigenvalue weighted by Crippen LogP contribution is -2.92. The van der Waals surface area contributed by atoms with Crippen molar-refractivity contribution in [2.24, 2.45) is 40.4 Å². The van der Waals surface area contributed by atoms with Gasteiger partial charge in [0.25, 0.3) is 0 Å². The van der Waals surface area contributed by atoms with E-state index in [0.29, 0.717) is 6.61 Å². The van der Waals surface area contributed by atoms with E-state index in [-0.39, 0.29) is 40.8 Å². The molecule has 8 aliphatic rings. The summed E-state index contributed by atoms with van der Waals surface area (Å²) < 4.78 is 6.35. The van der Waals surface area contributed by atoms with Gasteiger partial charge in [0.2, 0.25) is 5.79 Å². The first-order valence-electron chi connectivity index (χ1n) is 14.2. The van der Waals surface area contributed by atoms with Crippen LogP contribution in [0.4, 0.5) is 5.13 Å². The second kappa shape index (κ2) is 6.83. The molecule has 0 radical (unpaired) electrons. The zero-order valence-corrected chi connectivity index (χ0v) is 22.3. The Morgan fingerprint density at radius 1 is 1.14 bits per heavy atom. The second-order valence-electron chi connectivity index (χ2n) is 13.7. The molecule has 3 saturated heterocycles. The van der Waals surface area contributed by atoms with Gasteiger partial charge in [-0.05, 0) is 55.3 Å². The molecule has 194 valence electrons. The maximum atomic E-state index is 14.0. The van der Waals surface area contributed by atoms with E-state index in [1.807, 2.05) is 11.3 Å². The SMILES string of the molecule is C=C1C2C(=O)[C@]34[C@H]2[C@H]1CC[C@H]3[C@@]12CO[C@@]4(O)[C@@H](O)[C@@H]1C(C)(C)Cc1sc(N3CCCCCCC3)nc12. The molecule has 1 aromatic rings. The number of aromatic nitrogens is 1. The molecule has 4 saturated carbocycles. The van der Waals surface area contributed by atoms with E-state index in [1.165, 1.54) is 37.0 Å². The summed E-state index contributed by atoms with van der Waals surface area (Å²) in [6, 6.07) is 0. The van der Waals surface area contributed by atoms with Crippen LogP contribution in [0, 0.1) is 40.4 Å². The summed E-state index contributed by atoms with van der Waals surface area (Å²) in [6.07, 6.45) is 7.90. The van der Waals surface area contributed by atoms with Gasteiger partial charge in [0.05, 0.1) is 17.7 Å². The molecule has 3 aliphatic heterocycles. The summed E-state index contributed by atoms with van der Waals surface area (Å²) in [5.41, 5.74) is 0.316. The van der Waals surface area contributed by atoms with Crippen LogP contribution >= 0.6 is 11.3 Å². The predicted molar refractivity (Wildman–Crippen MR) is 137 cm³/mol. The number of hydrogen-bond acceptors (Lipinski definition) is 7. The first-order valence-corrected chi connectivity index (χ1v) is 15.0. The number of nitrogens with zero attached hydrogens (tertiary/aromatic N) is 2. The van der Waals surface area contributed by atoms with Gasteiger partial charge in [-0.15, -0.1) is 11.3 Å². The van der Waals surface area contributed by atoms with Gasteiger partial charge in [-0.3, -0.25) is 4.79 Å². The molecule has 1 aromatic heterocycles. The molecule has 7 fully saturated rings. The fourth-order valence-electron chi connectivity index (χ4n) is 10.7. The fraction of sp³-hybridized carbons (Fsp3) is 0.793. The van der Waals surface area contributed by atoms with Crippen molar-refractivity contribution in [1.29, 1.82) is 0 Å². The van der Waals surface area contributed by atoms with Crippen LogP contribution in [0.3, 0.4) is 0 Å². The van der Waals surface area contributed by atoms with E-state index in [9.17, 15) is 15.0 Å². The number of aliphatic hydroxyl groups is 2. The standard InChI is InChI=1S/C29H38N2O4S/c1-15-16-9-10-18-27-14-35-29(34,28(18)20(16)19(15)23(28)32)24(33)21(27)26(2,3)13-17-22(27)30-25(36-17)31-11-7-5-4-6-8-12-31/h16,18-21,24,33-34H,1,4-14H2,2-3H3/t16-,18-,19?,20-,21+,24-,27-,28+,29-/m0/s1. The highest BCUT2D eigenvalue weighted by Gasteiger charge is 2.91. The van der Waals surface area contributed by atoms with Crippen LogP contribution in [0.2, 0.25) is 0 Å². The third-order valence-electron chi connectivity index (χ3n) is 11.9. The Morgan fingerprint density at radius 2 is 1.86 bits per heavy atom.